The molecule has 0 atom stereocenters. The number of nitrogens with zero attached hydrogens (tertiary/aromatic N) is 4. The summed E-state index contributed by atoms with van der Waals surface area (Å²) >= 11 is 0. The van der Waals surface area contributed by atoms with E-state index in [1.807, 2.05) is 78.5 Å². The molecule has 0 spiro atoms. The minimum atomic E-state index is -0.231. The number of aromatic amines is 1. The Morgan fingerprint density at radius 1 is 1.07 bits per heavy atom. The van der Waals surface area contributed by atoms with Gasteiger partial charge in [-0.3, -0.25) is 4.79 Å². The summed E-state index contributed by atoms with van der Waals surface area (Å²) in [5, 5.41) is 6.87. The fourth-order valence-corrected chi connectivity index (χ4v) is 3.85. The van der Waals surface area contributed by atoms with Crippen molar-refractivity contribution in [1.29, 1.82) is 0 Å². The summed E-state index contributed by atoms with van der Waals surface area (Å²) in [6.45, 7) is 1.29. The summed E-state index contributed by atoms with van der Waals surface area (Å²) in [6, 6.07) is 17.2. The van der Waals surface area contributed by atoms with Gasteiger partial charge in [0.05, 0.1) is 5.69 Å². The molecule has 1 fully saturated rings. The third-order valence-electron chi connectivity index (χ3n) is 5.47. The van der Waals surface area contributed by atoms with Gasteiger partial charge in [-0.25, -0.2) is 14.5 Å². The molecular weight excluding hydrogens is 366 g/mol. The van der Waals surface area contributed by atoms with Gasteiger partial charge < -0.3 is 9.80 Å². The number of anilines is 1. The van der Waals surface area contributed by atoms with E-state index in [0.29, 0.717) is 18.7 Å². The van der Waals surface area contributed by atoms with E-state index in [9.17, 15) is 9.59 Å². The van der Waals surface area contributed by atoms with Crippen molar-refractivity contribution >= 4 is 11.6 Å². The normalized spacial score (nSPS) is 14.8. The predicted octanol–water partition coefficient (Wildman–Crippen LogP) is 2.65. The molecular formula is C22H25N5O2. The third-order valence-corrected chi connectivity index (χ3v) is 5.47. The summed E-state index contributed by atoms with van der Waals surface area (Å²) in [4.78, 5) is 29.1. The number of piperidine rings is 1. The average Bonchev–Trinajstić information content (AvgIpc) is 3.15. The number of rotatable bonds is 4. The molecule has 4 rings (SSSR count). The molecule has 29 heavy (non-hydrogen) atoms. The molecule has 0 radical (unpaired) electrons. The van der Waals surface area contributed by atoms with Crippen molar-refractivity contribution < 1.29 is 4.79 Å². The summed E-state index contributed by atoms with van der Waals surface area (Å²) < 4.78 is 1.64. The average molecular weight is 391 g/mol. The minimum Gasteiger partial charge on any atom is -0.378 e. The lowest BCUT2D eigenvalue weighted by atomic mass is 9.95. The molecule has 0 unspecified atom stereocenters. The molecule has 3 aromatic rings. The number of likely N-dealkylation sites (tertiary alicyclic amines) is 1. The Bertz CT molecular complexity index is 1050. The highest BCUT2D eigenvalue weighted by Crippen LogP contribution is 2.28. The smallest absolute Gasteiger partial charge is 0.347 e. The van der Waals surface area contributed by atoms with Crippen LogP contribution in [-0.4, -0.2) is 52.8 Å². The molecule has 2 aromatic carbocycles. The second-order valence-electron chi connectivity index (χ2n) is 7.57. The van der Waals surface area contributed by atoms with Crippen LogP contribution in [0.1, 0.15) is 34.9 Å². The van der Waals surface area contributed by atoms with Crippen molar-refractivity contribution in [2.75, 3.05) is 32.1 Å². The van der Waals surface area contributed by atoms with Gasteiger partial charge in [0, 0.05) is 44.4 Å². The lowest BCUT2D eigenvalue weighted by Crippen LogP contribution is -2.38. The van der Waals surface area contributed by atoms with Gasteiger partial charge in [-0.2, -0.15) is 5.10 Å². The lowest BCUT2D eigenvalue weighted by molar-refractivity contribution is 0.0710. The maximum atomic E-state index is 12.9. The van der Waals surface area contributed by atoms with E-state index in [-0.39, 0.29) is 17.5 Å². The molecule has 7 nitrogen and oxygen atoms in total. The molecule has 1 aliphatic heterocycles. The number of nitrogens with one attached hydrogen (secondary N) is 1. The van der Waals surface area contributed by atoms with Crippen molar-refractivity contribution in [1.82, 2.24) is 19.7 Å². The molecule has 0 aliphatic carbocycles. The van der Waals surface area contributed by atoms with Crippen molar-refractivity contribution in [2.24, 2.45) is 0 Å². The molecule has 1 aromatic heterocycles. The first-order valence-electron chi connectivity index (χ1n) is 9.84. The molecule has 150 valence electrons. The van der Waals surface area contributed by atoms with Gasteiger partial charge in [-0.15, -0.1) is 0 Å². The monoisotopic (exact) mass is 391 g/mol. The lowest BCUT2D eigenvalue weighted by Gasteiger charge is -2.31. The standard InChI is InChI=1S/C22H25N5O2/c1-25(2)19-10-6-7-17(15-19)21(28)26-13-11-16(12-14-26)20-23-24-22(29)27(20)18-8-4-3-5-9-18/h3-10,15-16H,11-14H2,1-2H3,(H,24,29). The summed E-state index contributed by atoms with van der Waals surface area (Å²) in [7, 11) is 3.93. The zero-order valence-electron chi connectivity index (χ0n) is 16.7. The van der Waals surface area contributed by atoms with E-state index in [2.05, 4.69) is 10.2 Å². The number of para-hydroxylation sites is 1. The highest BCUT2D eigenvalue weighted by molar-refractivity contribution is 5.95. The Kier molecular flexibility index (Phi) is 5.20. The first kappa shape index (κ1) is 19.0. The number of benzene rings is 2. The number of carbonyl (C=O) groups is 1. The molecule has 0 bridgehead atoms. The first-order chi connectivity index (χ1) is 14.0. The van der Waals surface area contributed by atoms with Gasteiger partial charge in [0.1, 0.15) is 5.82 Å². The molecule has 2 heterocycles. The number of carbonyl (C=O) groups excluding carboxylic acids is 1. The van der Waals surface area contributed by atoms with Crippen LogP contribution in [-0.2, 0) is 0 Å². The number of H-pyrrole nitrogens is 1. The second kappa shape index (κ2) is 7.95. The molecule has 0 saturated carbocycles. The highest BCUT2D eigenvalue weighted by Gasteiger charge is 2.28. The molecule has 1 N–H and O–H groups in total. The van der Waals surface area contributed by atoms with Crippen molar-refractivity contribution in [3.8, 4) is 5.69 Å². The Balaban J connectivity index is 1.49. The van der Waals surface area contributed by atoms with E-state index in [1.165, 1.54) is 0 Å². The van der Waals surface area contributed by atoms with Crippen LogP contribution in [0.4, 0.5) is 5.69 Å². The van der Waals surface area contributed by atoms with Gasteiger partial charge in [0.15, 0.2) is 0 Å². The van der Waals surface area contributed by atoms with Crippen LogP contribution in [0.3, 0.4) is 0 Å². The zero-order chi connectivity index (χ0) is 20.4. The number of amides is 1. The molecule has 1 aliphatic rings. The highest BCUT2D eigenvalue weighted by atomic mass is 16.2. The van der Waals surface area contributed by atoms with E-state index in [1.54, 1.807) is 4.57 Å². The molecule has 7 heteroatoms. The summed E-state index contributed by atoms with van der Waals surface area (Å²) in [6.07, 6.45) is 1.55. The van der Waals surface area contributed by atoms with E-state index in [4.69, 9.17) is 0 Å². The van der Waals surface area contributed by atoms with Gasteiger partial charge in [0.2, 0.25) is 0 Å². The van der Waals surface area contributed by atoms with Gasteiger partial charge >= 0.3 is 5.69 Å². The quantitative estimate of drug-likeness (QED) is 0.742. The van der Waals surface area contributed by atoms with E-state index in [0.717, 1.165) is 30.0 Å². The zero-order valence-corrected chi connectivity index (χ0v) is 16.7. The predicted molar refractivity (Wildman–Crippen MR) is 113 cm³/mol. The number of aromatic nitrogens is 3. The Hall–Kier alpha value is -3.35. The summed E-state index contributed by atoms with van der Waals surface area (Å²) in [5.41, 5.74) is 2.29. The minimum absolute atomic E-state index is 0.0506. The van der Waals surface area contributed by atoms with E-state index < -0.39 is 0 Å². The van der Waals surface area contributed by atoms with Crippen LogP contribution >= 0.6 is 0 Å². The van der Waals surface area contributed by atoms with Crippen molar-refractivity contribution in [3.63, 3.8) is 0 Å². The van der Waals surface area contributed by atoms with Crippen LogP contribution in [0.5, 0.6) is 0 Å². The Morgan fingerprint density at radius 2 is 1.79 bits per heavy atom. The van der Waals surface area contributed by atoms with Crippen molar-refractivity contribution in [3.05, 3.63) is 76.5 Å². The van der Waals surface area contributed by atoms with Crippen molar-refractivity contribution in [2.45, 2.75) is 18.8 Å². The fraction of sp³-hybridized carbons (Fsp3) is 0.318. The van der Waals surface area contributed by atoms with Crippen LogP contribution in [0.2, 0.25) is 0 Å². The number of hydrogen-bond acceptors (Lipinski definition) is 4. The van der Waals surface area contributed by atoms with Gasteiger partial charge in [0.25, 0.3) is 5.91 Å². The Morgan fingerprint density at radius 3 is 2.48 bits per heavy atom. The van der Waals surface area contributed by atoms with Gasteiger partial charge in [-0.05, 0) is 43.2 Å². The molecule has 1 saturated heterocycles. The van der Waals surface area contributed by atoms with Crippen LogP contribution in [0, 0.1) is 0 Å². The first-order valence-corrected chi connectivity index (χ1v) is 9.84. The number of hydrogen-bond donors (Lipinski definition) is 1. The summed E-state index contributed by atoms with van der Waals surface area (Å²) in [5.74, 6) is 0.920. The van der Waals surface area contributed by atoms with E-state index >= 15 is 0 Å². The molecule has 1 amide bonds. The van der Waals surface area contributed by atoms with Crippen LogP contribution in [0.15, 0.2) is 59.4 Å². The largest absolute Gasteiger partial charge is 0.378 e. The maximum absolute atomic E-state index is 12.9. The topological polar surface area (TPSA) is 74.2 Å². The fourth-order valence-electron chi connectivity index (χ4n) is 3.85. The van der Waals surface area contributed by atoms with Crippen LogP contribution in [0.25, 0.3) is 5.69 Å². The maximum Gasteiger partial charge on any atom is 0.347 e. The Labute approximate surface area is 169 Å². The van der Waals surface area contributed by atoms with Crippen LogP contribution < -0.4 is 10.6 Å². The third kappa shape index (κ3) is 3.81. The SMILES string of the molecule is CN(C)c1cccc(C(=O)N2CCC(c3n[nH]c(=O)n3-c3ccccc3)CC2)c1. The van der Waals surface area contributed by atoms with Gasteiger partial charge in [-0.1, -0.05) is 24.3 Å². The second-order valence-corrected chi connectivity index (χ2v) is 7.57.